The minimum Gasteiger partial charge on any atom is -0.379 e. The van der Waals surface area contributed by atoms with Gasteiger partial charge < -0.3 is 21.3 Å². The molecule has 4 heterocycles. The number of anilines is 3. The quantitative estimate of drug-likeness (QED) is 0.742. The third-order valence-electron chi connectivity index (χ3n) is 5.60. The van der Waals surface area contributed by atoms with Crippen molar-refractivity contribution in [2.24, 2.45) is 11.7 Å². The van der Waals surface area contributed by atoms with E-state index in [9.17, 15) is 4.79 Å². The third kappa shape index (κ3) is 3.31. The summed E-state index contributed by atoms with van der Waals surface area (Å²) in [6.07, 6.45) is 4.96. The van der Waals surface area contributed by atoms with Gasteiger partial charge in [0, 0.05) is 43.6 Å². The van der Waals surface area contributed by atoms with Crippen molar-refractivity contribution in [3.05, 3.63) is 41.2 Å². The van der Waals surface area contributed by atoms with Crippen molar-refractivity contribution in [2.75, 3.05) is 35.2 Å². The summed E-state index contributed by atoms with van der Waals surface area (Å²) >= 11 is 0. The number of primary amides is 1. The number of nitrogens with one attached hydrogen (secondary N) is 2. The van der Waals surface area contributed by atoms with Gasteiger partial charge in [-0.05, 0) is 30.9 Å². The lowest BCUT2D eigenvalue weighted by atomic mass is 9.92. The second-order valence-corrected chi connectivity index (χ2v) is 7.39. The number of aromatic nitrogens is 2. The predicted octanol–water partition coefficient (Wildman–Crippen LogP) is 1.74. The van der Waals surface area contributed by atoms with Crippen molar-refractivity contribution >= 4 is 23.2 Å². The highest BCUT2D eigenvalue weighted by Gasteiger charge is 2.30. The van der Waals surface area contributed by atoms with Crippen LogP contribution in [-0.2, 0) is 6.42 Å². The zero-order chi connectivity index (χ0) is 19.7. The van der Waals surface area contributed by atoms with Crippen LogP contribution in [0.25, 0.3) is 0 Å². The predicted molar refractivity (Wildman–Crippen MR) is 107 cm³/mol. The highest BCUT2D eigenvalue weighted by atomic mass is 16.1. The molecule has 2 aliphatic heterocycles. The highest BCUT2D eigenvalue weighted by molar-refractivity contribution is 6.00. The number of hydrogen-bond donors (Lipinski definition) is 3. The van der Waals surface area contributed by atoms with E-state index in [1.807, 2.05) is 6.07 Å². The van der Waals surface area contributed by atoms with Gasteiger partial charge in [-0.1, -0.05) is 6.92 Å². The molecule has 144 valence electrons. The first-order valence-corrected chi connectivity index (χ1v) is 9.50. The minimum atomic E-state index is -0.473. The van der Waals surface area contributed by atoms with E-state index < -0.39 is 5.91 Å². The number of hydrogen-bond acceptors (Lipinski definition) is 7. The Balaban J connectivity index is 1.59. The van der Waals surface area contributed by atoms with E-state index in [0.29, 0.717) is 17.0 Å². The number of nitriles is 1. The lowest BCUT2D eigenvalue weighted by Gasteiger charge is -2.39. The molecule has 0 bridgehead atoms. The molecule has 2 aromatic rings. The van der Waals surface area contributed by atoms with Crippen molar-refractivity contribution in [3.63, 3.8) is 0 Å². The summed E-state index contributed by atoms with van der Waals surface area (Å²) in [5.41, 5.74) is 8.42. The Labute approximate surface area is 163 Å². The maximum absolute atomic E-state index is 12.0. The summed E-state index contributed by atoms with van der Waals surface area (Å²) in [6, 6.07) is 5.90. The van der Waals surface area contributed by atoms with Gasteiger partial charge >= 0.3 is 0 Å². The van der Waals surface area contributed by atoms with E-state index >= 15 is 0 Å². The Morgan fingerprint density at radius 1 is 1.39 bits per heavy atom. The van der Waals surface area contributed by atoms with Crippen molar-refractivity contribution in [3.8, 4) is 6.07 Å². The zero-order valence-corrected chi connectivity index (χ0v) is 15.8. The fraction of sp³-hybridized carbons (Fsp3) is 0.400. The molecule has 1 amide bonds. The van der Waals surface area contributed by atoms with E-state index in [1.54, 1.807) is 18.5 Å². The van der Waals surface area contributed by atoms with Crippen LogP contribution in [0.5, 0.6) is 0 Å². The van der Waals surface area contributed by atoms with Gasteiger partial charge in [-0.15, -0.1) is 0 Å². The number of carbonyl (C=O) groups is 1. The second-order valence-electron chi connectivity index (χ2n) is 7.39. The summed E-state index contributed by atoms with van der Waals surface area (Å²) in [4.78, 5) is 22.9. The molecule has 1 saturated heterocycles. The van der Waals surface area contributed by atoms with Gasteiger partial charge in [-0.25, -0.2) is 9.97 Å². The van der Waals surface area contributed by atoms with Gasteiger partial charge in [-0.3, -0.25) is 4.79 Å². The molecule has 0 unspecified atom stereocenters. The molecule has 0 saturated carbocycles. The number of rotatable bonds is 4. The van der Waals surface area contributed by atoms with Crippen LogP contribution in [0.4, 0.5) is 17.3 Å². The summed E-state index contributed by atoms with van der Waals surface area (Å²) < 4.78 is 0. The summed E-state index contributed by atoms with van der Waals surface area (Å²) in [7, 11) is 0. The molecule has 2 aliphatic rings. The first kappa shape index (κ1) is 18.0. The molecule has 8 heteroatoms. The van der Waals surface area contributed by atoms with Crippen LogP contribution in [0.2, 0.25) is 0 Å². The summed E-state index contributed by atoms with van der Waals surface area (Å²) in [5, 5.41) is 15.8. The molecule has 2 aromatic heterocycles. The van der Waals surface area contributed by atoms with Crippen LogP contribution in [0.15, 0.2) is 24.5 Å². The van der Waals surface area contributed by atoms with Gasteiger partial charge in [0.15, 0.2) is 0 Å². The lowest BCUT2D eigenvalue weighted by molar-refractivity contribution is 0.100. The van der Waals surface area contributed by atoms with Crippen molar-refractivity contribution < 1.29 is 4.79 Å². The molecule has 1 fully saturated rings. The molecular formula is C20H23N7O. The number of amides is 1. The average Bonchev–Trinajstić information content (AvgIpc) is 3.19. The summed E-state index contributed by atoms with van der Waals surface area (Å²) in [6.45, 7) is 4.67. The standard InChI is InChI=1S/C20H23N7O/c1-12-5-7-27(17-3-2-13(8-21)9-24-17)11-16(12)26-18-14-4-6-23-20(14)25-10-15(18)19(22)28/h2-3,9-10,12,16H,4-7,11H2,1H3,(H2,22,28)(H2,23,25,26)/t12-,16+/m1/s1. The van der Waals surface area contributed by atoms with Gasteiger partial charge in [0.05, 0.1) is 16.8 Å². The Bertz CT molecular complexity index is 935. The van der Waals surface area contributed by atoms with Crippen LogP contribution in [-0.4, -0.2) is 41.6 Å². The van der Waals surface area contributed by atoms with Crippen molar-refractivity contribution in [1.29, 1.82) is 5.26 Å². The smallest absolute Gasteiger partial charge is 0.252 e. The monoisotopic (exact) mass is 377 g/mol. The van der Waals surface area contributed by atoms with E-state index in [-0.39, 0.29) is 6.04 Å². The molecule has 28 heavy (non-hydrogen) atoms. The first-order chi connectivity index (χ1) is 13.6. The fourth-order valence-corrected chi connectivity index (χ4v) is 3.90. The van der Waals surface area contributed by atoms with Crippen LogP contribution >= 0.6 is 0 Å². The SMILES string of the molecule is C[C@@H]1CCN(c2ccc(C#N)cn2)C[C@@H]1Nc1c(C(N)=O)cnc2c1CCN2. The topological polar surface area (TPSA) is 120 Å². The Morgan fingerprint density at radius 2 is 2.25 bits per heavy atom. The minimum absolute atomic E-state index is 0.136. The Hall–Kier alpha value is -3.34. The van der Waals surface area contributed by atoms with E-state index in [0.717, 1.165) is 55.4 Å². The third-order valence-corrected chi connectivity index (χ3v) is 5.60. The molecule has 0 radical (unpaired) electrons. The van der Waals surface area contributed by atoms with E-state index in [4.69, 9.17) is 11.0 Å². The largest absolute Gasteiger partial charge is 0.379 e. The van der Waals surface area contributed by atoms with Crippen LogP contribution in [0, 0.1) is 17.2 Å². The fourth-order valence-electron chi connectivity index (χ4n) is 3.90. The van der Waals surface area contributed by atoms with Crippen LogP contribution in [0.3, 0.4) is 0 Å². The molecule has 4 rings (SSSR count). The molecular weight excluding hydrogens is 354 g/mol. The number of carbonyl (C=O) groups excluding carboxylic acids is 1. The zero-order valence-electron chi connectivity index (χ0n) is 15.8. The second kappa shape index (κ2) is 7.35. The lowest BCUT2D eigenvalue weighted by Crippen LogP contribution is -2.47. The van der Waals surface area contributed by atoms with Crippen molar-refractivity contribution in [2.45, 2.75) is 25.8 Å². The number of piperidine rings is 1. The van der Waals surface area contributed by atoms with Gasteiger partial charge in [0.1, 0.15) is 17.7 Å². The van der Waals surface area contributed by atoms with E-state index in [2.05, 4.69) is 38.5 Å². The molecule has 4 N–H and O–H groups in total. The highest BCUT2D eigenvalue weighted by Crippen LogP contribution is 2.33. The maximum Gasteiger partial charge on any atom is 0.252 e. The van der Waals surface area contributed by atoms with Gasteiger partial charge in [-0.2, -0.15) is 5.26 Å². The number of fused-ring (bicyclic) bond motifs is 1. The Morgan fingerprint density at radius 3 is 2.96 bits per heavy atom. The average molecular weight is 377 g/mol. The van der Waals surface area contributed by atoms with Crippen LogP contribution in [0.1, 0.15) is 34.8 Å². The first-order valence-electron chi connectivity index (χ1n) is 9.50. The molecule has 0 aromatic carbocycles. The van der Waals surface area contributed by atoms with Crippen molar-refractivity contribution in [1.82, 2.24) is 9.97 Å². The normalized spacial score (nSPS) is 20.8. The number of nitrogens with zero attached hydrogens (tertiary/aromatic N) is 4. The number of nitrogens with two attached hydrogens (primary N) is 1. The summed E-state index contributed by atoms with van der Waals surface area (Å²) in [5.74, 6) is 1.63. The Kier molecular flexibility index (Phi) is 4.74. The number of pyridine rings is 2. The molecule has 8 nitrogen and oxygen atoms in total. The maximum atomic E-state index is 12.0. The molecule has 0 aliphatic carbocycles. The van der Waals surface area contributed by atoms with Gasteiger partial charge in [0.25, 0.3) is 5.91 Å². The van der Waals surface area contributed by atoms with Gasteiger partial charge in [0.2, 0.25) is 0 Å². The molecule has 2 atom stereocenters. The van der Waals surface area contributed by atoms with Crippen LogP contribution < -0.4 is 21.3 Å². The van der Waals surface area contributed by atoms with E-state index in [1.165, 1.54) is 0 Å². The molecule has 0 spiro atoms.